The first kappa shape index (κ1) is 38.4. The molecule has 0 saturated heterocycles. The van der Waals surface area contributed by atoms with Crippen LogP contribution >= 0.6 is 0 Å². The molecule has 0 aliphatic heterocycles. The summed E-state index contributed by atoms with van der Waals surface area (Å²) in [6, 6.07) is 85.8. The maximum absolute atomic E-state index is 6.22. The van der Waals surface area contributed by atoms with E-state index in [-0.39, 0.29) is 0 Å². The van der Waals surface area contributed by atoms with Gasteiger partial charge in [-0.2, -0.15) is 0 Å². The molecule has 16 rings (SSSR count). The third kappa shape index (κ3) is 5.57. The monoisotopic (exact) mass is 905 g/mol. The van der Waals surface area contributed by atoms with Gasteiger partial charge < -0.3 is 22.5 Å². The molecule has 11 aromatic carbocycles. The van der Waals surface area contributed by atoms with Gasteiger partial charge in [-0.15, -0.1) is 0 Å². The third-order valence-corrected chi connectivity index (χ3v) is 15.0. The van der Waals surface area contributed by atoms with E-state index in [1.807, 2.05) is 24.3 Å². The Hall–Kier alpha value is -9.58. The summed E-state index contributed by atoms with van der Waals surface area (Å²) >= 11 is 0. The Morgan fingerprint density at radius 2 is 0.521 bits per heavy atom. The lowest BCUT2D eigenvalue weighted by atomic mass is 9.98. The summed E-state index contributed by atoms with van der Waals surface area (Å²) in [7, 11) is 0. The summed E-state index contributed by atoms with van der Waals surface area (Å²) < 4.78 is 19.6. The first-order chi connectivity index (χ1) is 35.2. The van der Waals surface area contributed by atoms with Gasteiger partial charge in [0.25, 0.3) is 0 Å². The lowest BCUT2D eigenvalue weighted by molar-refractivity contribution is 0.668. The number of hydrogen-bond acceptors (Lipinski definition) is 2. The van der Waals surface area contributed by atoms with Gasteiger partial charge in [0.15, 0.2) is 0 Å². The number of benzene rings is 11. The first-order valence-electron chi connectivity index (χ1n) is 24.2. The van der Waals surface area contributed by atoms with Crippen LogP contribution in [0.5, 0.6) is 0 Å². The highest BCUT2D eigenvalue weighted by Gasteiger charge is 2.20. The molecule has 5 nitrogen and oxygen atoms in total. The van der Waals surface area contributed by atoms with E-state index in [9.17, 15) is 0 Å². The summed E-state index contributed by atoms with van der Waals surface area (Å²) in [5.41, 5.74) is 18.7. The smallest absolute Gasteiger partial charge is 0.135 e. The fourth-order valence-corrected chi connectivity index (χ4v) is 11.8. The summed E-state index contributed by atoms with van der Waals surface area (Å²) in [6.07, 6.45) is 0. The Labute approximate surface area is 405 Å². The number of rotatable bonds is 5. The maximum Gasteiger partial charge on any atom is 0.135 e. The molecule has 330 valence electrons. The predicted octanol–water partition coefficient (Wildman–Crippen LogP) is 18.1. The Balaban J connectivity index is 0.850. The molecule has 5 heteroatoms. The zero-order chi connectivity index (χ0) is 46.3. The van der Waals surface area contributed by atoms with Crippen molar-refractivity contribution in [2.45, 2.75) is 0 Å². The molecule has 71 heavy (non-hydrogen) atoms. The molecular formula is C66H39N3O2. The average molecular weight is 906 g/mol. The van der Waals surface area contributed by atoms with E-state index in [0.717, 1.165) is 60.9 Å². The first-order valence-corrected chi connectivity index (χ1v) is 24.2. The largest absolute Gasteiger partial charge is 0.456 e. The van der Waals surface area contributed by atoms with Gasteiger partial charge in [-0.25, -0.2) is 0 Å². The Morgan fingerprint density at radius 3 is 0.958 bits per heavy atom. The molecule has 16 aromatic rings. The highest BCUT2D eigenvalue weighted by Crippen LogP contribution is 2.42. The molecule has 5 heterocycles. The molecule has 0 aliphatic carbocycles. The van der Waals surface area contributed by atoms with E-state index in [2.05, 4.69) is 226 Å². The lowest BCUT2D eigenvalue weighted by Gasteiger charge is -2.10. The zero-order valence-corrected chi connectivity index (χ0v) is 38.2. The summed E-state index contributed by atoms with van der Waals surface area (Å²) in [4.78, 5) is 0. The van der Waals surface area contributed by atoms with Gasteiger partial charge >= 0.3 is 0 Å². The highest BCUT2D eigenvalue weighted by atomic mass is 16.3. The molecule has 0 fully saturated rings. The van der Waals surface area contributed by atoms with E-state index in [4.69, 9.17) is 8.83 Å². The van der Waals surface area contributed by atoms with Crippen LogP contribution in [0.4, 0.5) is 0 Å². The van der Waals surface area contributed by atoms with Crippen molar-refractivity contribution in [3.63, 3.8) is 0 Å². The fourth-order valence-electron chi connectivity index (χ4n) is 11.8. The average Bonchev–Trinajstić information content (AvgIpc) is 4.24. The molecule has 0 spiro atoms. The van der Waals surface area contributed by atoms with Crippen molar-refractivity contribution >= 4 is 109 Å². The second-order valence-corrected chi connectivity index (χ2v) is 18.9. The molecular weight excluding hydrogens is 867 g/mol. The van der Waals surface area contributed by atoms with E-state index in [1.54, 1.807) is 0 Å². The van der Waals surface area contributed by atoms with Gasteiger partial charge in [0, 0.05) is 70.9 Å². The van der Waals surface area contributed by atoms with E-state index in [1.165, 1.54) is 87.7 Å². The van der Waals surface area contributed by atoms with Gasteiger partial charge in [0.1, 0.15) is 22.3 Å². The summed E-state index contributed by atoms with van der Waals surface area (Å²) in [6.45, 7) is 0. The van der Waals surface area contributed by atoms with Crippen LogP contribution in [0.15, 0.2) is 245 Å². The van der Waals surface area contributed by atoms with Crippen molar-refractivity contribution in [1.29, 1.82) is 0 Å². The number of para-hydroxylation sites is 5. The summed E-state index contributed by atoms with van der Waals surface area (Å²) in [5, 5.41) is 11.8. The minimum absolute atomic E-state index is 0.897. The second-order valence-electron chi connectivity index (χ2n) is 18.9. The molecule has 0 bridgehead atoms. The Bertz CT molecular complexity index is 4590. The number of aromatic nitrogens is 3. The molecule has 5 aromatic heterocycles. The minimum atomic E-state index is 0.897. The summed E-state index contributed by atoms with van der Waals surface area (Å²) in [5.74, 6) is 0. The maximum atomic E-state index is 6.22. The van der Waals surface area contributed by atoms with Gasteiger partial charge in [-0.1, -0.05) is 115 Å². The number of fused-ring (bicyclic) bond motifs is 15. The quantitative estimate of drug-likeness (QED) is 0.173. The van der Waals surface area contributed by atoms with Crippen molar-refractivity contribution in [3.05, 3.63) is 237 Å². The van der Waals surface area contributed by atoms with Crippen molar-refractivity contribution in [2.24, 2.45) is 0 Å². The van der Waals surface area contributed by atoms with Crippen molar-refractivity contribution in [3.8, 4) is 39.3 Å². The van der Waals surface area contributed by atoms with Gasteiger partial charge in [0.05, 0.1) is 33.1 Å². The standard InChI is InChI=1S/C66H39N3O2/c1-2-12-44(13-3-1)67-61-30-24-42(40-22-28-59-51(34-40)47-14-4-8-18-57(47)68(59)45-26-32-65-55(38-45)49-16-6-10-20-63(49)70-65)36-53(61)54-37-43(25-31-62(54)67)41-23-29-60-52(35-41)48-15-5-9-19-58(48)69(60)46-27-33-66-56(39-46)50-17-7-11-21-64(50)71-66/h1-39H. The van der Waals surface area contributed by atoms with E-state index >= 15 is 0 Å². The third-order valence-electron chi connectivity index (χ3n) is 15.0. The molecule has 0 unspecified atom stereocenters. The van der Waals surface area contributed by atoms with Crippen molar-refractivity contribution in [1.82, 2.24) is 13.7 Å². The van der Waals surface area contributed by atoms with Crippen LogP contribution in [-0.2, 0) is 0 Å². The van der Waals surface area contributed by atoms with Crippen LogP contribution in [0, 0.1) is 0 Å². The van der Waals surface area contributed by atoms with Crippen LogP contribution in [-0.4, -0.2) is 13.7 Å². The molecule has 0 aliphatic rings. The number of hydrogen-bond donors (Lipinski definition) is 0. The van der Waals surface area contributed by atoms with Gasteiger partial charge in [-0.3, -0.25) is 0 Å². The van der Waals surface area contributed by atoms with E-state index in [0.29, 0.717) is 0 Å². The van der Waals surface area contributed by atoms with Crippen LogP contribution in [0.1, 0.15) is 0 Å². The van der Waals surface area contributed by atoms with Crippen LogP contribution in [0.25, 0.3) is 149 Å². The van der Waals surface area contributed by atoms with Gasteiger partial charge in [0.2, 0.25) is 0 Å². The lowest BCUT2D eigenvalue weighted by Crippen LogP contribution is -1.93. The topological polar surface area (TPSA) is 41.1 Å². The molecule has 0 amide bonds. The highest BCUT2D eigenvalue weighted by molar-refractivity contribution is 6.15. The number of nitrogens with zero attached hydrogens (tertiary/aromatic N) is 3. The van der Waals surface area contributed by atoms with Crippen LogP contribution in [0.2, 0.25) is 0 Å². The van der Waals surface area contributed by atoms with E-state index < -0.39 is 0 Å². The Morgan fingerprint density at radius 1 is 0.197 bits per heavy atom. The minimum Gasteiger partial charge on any atom is -0.456 e. The van der Waals surface area contributed by atoms with Crippen LogP contribution in [0.3, 0.4) is 0 Å². The molecule has 0 N–H and O–H groups in total. The Kier molecular flexibility index (Phi) is 7.82. The second kappa shape index (κ2) is 14.5. The van der Waals surface area contributed by atoms with Crippen LogP contribution < -0.4 is 0 Å². The molecule has 0 saturated carbocycles. The molecule has 0 radical (unpaired) electrons. The SMILES string of the molecule is c1ccc(-n2c3ccc(-c4ccc5c(c4)c4ccccc4n5-c4ccc5oc6ccccc6c5c4)cc3c3cc(-c4ccc5c(c4)c4ccccc4n5-c4ccc5oc6ccccc6c5c4)ccc32)cc1. The number of furan rings is 2. The molecule has 0 atom stereocenters. The van der Waals surface area contributed by atoms with Gasteiger partial charge in [-0.05, 0) is 144 Å². The normalized spacial score (nSPS) is 12.2. The fraction of sp³-hybridized carbons (Fsp3) is 0. The van der Waals surface area contributed by atoms with Crippen molar-refractivity contribution < 1.29 is 8.83 Å². The van der Waals surface area contributed by atoms with Crippen molar-refractivity contribution in [2.75, 3.05) is 0 Å². The predicted molar refractivity (Wildman–Crippen MR) is 295 cm³/mol. The zero-order valence-electron chi connectivity index (χ0n) is 38.2.